The number of amides is 2. The van der Waals surface area contributed by atoms with E-state index in [1.54, 1.807) is 30.3 Å². The van der Waals surface area contributed by atoms with Crippen molar-refractivity contribution in [2.45, 2.75) is 18.5 Å². The number of alkyl halides is 3. The molecule has 0 N–H and O–H groups in total. The highest BCUT2D eigenvalue weighted by Gasteiger charge is 2.60. The topological polar surface area (TPSA) is 102 Å². The van der Waals surface area contributed by atoms with Crippen molar-refractivity contribution in [2.75, 3.05) is 9.96 Å². The molecule has 3 aromatic carbocycles. The van der Waals surface area contributed by atoms with E-state index in [2.05, 4.69) is 4.74 Å². The van der Waals surface area contributed by atoms with Crippen LogP contribution in [0.4, 0.5) is 30.2 Å². The van der Waals surface area contributed by atoms with Crippen LogP contribution in [0.25, 0.3) is 0 Å². The summed E-state index contributed by atoms with van der Waals surface area (Å²) in [7, 11) is 0. The van der Waals surface area contributed by atoms with E-state index in [1.165, 1.54) is 41.5 Å². The average molecular weight is 499 g/mol. The summed E-state index contributed by atoms with van der Waals surface area (Å²) >= 11 is 0. The molecule has 2 aliphatic rings. The molecule has 12 heteroatoms. The number of anilines is 2. The van der Waals surface area contributed by atoms with E-state index in [0.717, 1.165) is 17.0 Å². The molecule has 0 radical (unpaired) electrons. The third-order valence-corrected chi connectivity index (χ3v) is 5.90. The fourth-order valence-corrected chi connectivity index (χ4v) is 4.40. The molecule has 0 unspecified atom stereocenters. The van der Waals surface area contributed by atoms with Gasteiger partial charge < -0.3 is 4.74 Å². The Labute approximate surface area is 201 Å². The molecule has 0 saturated carbocycles. The van der Waals surface area contributed by atoms with Gasteiger partial charge in [0.2, 0.25) is 5.91 Å². The first-order valence-corrected chi connectivity index (χ1v) is 10.6. The number of fused-ring (bicyclic) bond motifs is 1. The number of non-ortho nitro benzene ring substituents is 1. The number of imide groups is 1. The summed E-state index contributed by atoms with van der Waals surface area (Å²) in [5.41, 5.74) is 0.902. The molecule has 0 spiro atoms. The van der Waals surface area contributed by atoms with Gasteiger partial charge in [-0.05, 0) is 42.0 Å². The molecule has 0 aliphatic carbocycles. The molecule has 3 atom stereocenters. The Morgan fingerprint density at radius 3 is 2.08 bits per heavy atom. The van der Waals surface area contributed by atoms with E-state index in [1.807, 2.05) is 0 Å². The summed E-state index contributed by atoms with van der Waals surface area (Å²) in [6, 6.07) is 17.7. The highest BCUT2D eigenvalue weighted by molar-refractivity contribution is 6.23. The second-order valence-corrected chi connectivity index (χ2v) is 8.06. The van der Waals surface area contributed by atoms with Crippen molar-refractivity contribution in [1.82, 2.24) is 0 Å². The predicted octanol–water partition coefficient (Wildman–Crippen LogP) is 4.54. The van der Waals surface area contributed by atoms with E-state index in [9.17, 15) is 32.9 Å². The molecule has 2 aliphatic heterocycles. The molecule has 36 heavy (non-hydrogen) atoms. The summed E-state index contributed by atoms with van der Waals surface area (Å²) in [6.45, 7) is 0. The van der Waals surface area contributed by atoms with Crippen LogP contribution in [0, 0.1) is 16.0 Å². The van der Waals surface area contributed by atoms with Gasteiger partial charge in [-0.1, -0.05) is 30.3 Å². The van der Waals surface area contributed by atoms with Gasteiger partial charge >= 0.3 is 6.36 Å². The first-order chi connectivity index (χ1) is 17.1. The first kappa shape index (κ1) is 23.3. The number of benzene rings is 3. The summed E-state index contributed by atoms with van der Waals surface area (Å²) in [4.78, 5) is 44.0. The maximum absolute atomic E-state index is 13.5. The zero-order valence-electron chi connectivity index (χ0n) is 18.2. The fourth-order valence-electron chi connectivity index (χ4n) is 4.40. The van der Waals surface area contributed by atoms with Crippen molar-refractivity contribution in [3.05, 3.63) is 94.5 Å². The molecule has 0 aromatic heterocycles. The van der Waals surface area contributed by atoms with Crippen molar-refractivity contribution in [3.8, 4) is 5.75 Å². The van der Waals surface area contributed by atoms with E-state index < -0.39 is 46.9 Å². The third-order valence-electron chi connectivity index (χ3n) is 5.90. The number of halogens is 3. The van der Waals surface area contributed by atoms with Gasteiger partial charge in [0.15, 0.2) is 6.10 Å². The van der Waals surface area contributed by atoms with Gasteiger partial charge in [-0.25, -0.2) is 9.96 Å². The number of nitro benzene ring substituents is 1. The second kappa shape index (κ2) is 8.64. The molecule has 5 rings (SSSR count). The predicted molar refractivity (Wildman–Crippen MR) is 119 cm³/mol. The van der Waals surface area contributed by atoms with Gasteiger partial charge in [-0.2, -0.15) is 0 Å². The minimum atomic E-state index is -4.86. The standard InChI is InChI=1S/C24H16F3N3O6/c25-24(26,27)35-18-12-6-14(7-13-18)20-19-21(36-29(20)16-4-2-1-3-5-16)23(32)28(22(19)31)15-8-10-17(11-9-15)30(33)34/h1-13,19-21H/t19-,20+,21+/m0/s1. The fraction of sp³-hybridized carbons (Fsp3) is 0.167. The SMILES string of the molecule is O=C1[C@H]2[C@@H](c3ccc(OC(F)(F)F)cc3)N(c3ccccc3)O[C@H]2C(=O)N1c1ccc([N+](=O)[O-])cc1. The summed E-state index contributed by atoms with van der Waals surface area (Å²) < 4.78 is 41.7. The molecule has 0 bridgehead atoms. The lowest BCUT2D eigenvalue weighted by Crippen LogP contribution is -2.37. The van der Waals surface area contributed by atoms with Crippen LogP contribution in [-0.4, -0.2) is 29.2 Å². The number of hydroxylamine groups is 1. The lowest BCUT2D eigenvalue weighted by molar-refractivity contribution is -0.384. The molecule has 2 saturated heterocycles. The largest absolute Gasteiger partial charge is 0.573 e. The Morgan fingerprint density at radius 2 is 1.50 bits per heavy atom. The molecule has 2 fully saturated rings. The van der Waals surface area contributed by atoms with Gasteiger partial charge in [0, 0.05) is 12.1 Å². The van der Waals surface area contributed by atoms with Gasteiger partial charge in [0.05, 0.1) is 22.3 Å². The second-order valence-electron chi connectivity index (χ2n) is 8.06. The third kappa shape index (κ3) is 4.11. The van der Waals surface area contributed by atoms with Crippen LogP contribution < -0.4 is 14.7 Å². The number of ether oxygens (including phenoxy) is 1. The Kier molecular flexibility index (Phi) is 5.59. The van der Waals surface area contributed by atoms with Gasteiger partial charge in [0.25, 0.3) is 11.6 Å². The summed E-state index contributed by atoms with van der Waals surface area (Å²) in [5.74, 6) is -2.71. The number of nitrogens with zero attached hydrogens (tertiary/aromatic N) is 3. The van der Waals surface area contributed by atoms with Crippen molar-refractivity contribution in [2.24, 2.45) is 5.92 Å². The number of rotatable bonds is 5. The zero-order chi connectivity index (χ0) is 25.6. The lowest BCUT2D eigenvalue weighted by Gasteiger charge is -2.28. The quantitative estimate of drug-likeness (QED) is 0.288. The number of carbonyl (C=O) groups excluding carboxylic acids is 2. The van der Waals surface area contributed by atoms with E-state index in [0.29, 0.717) is 11.3 Å². The van der Waals surface area contributed by atoms with E-state index >= 15 is 0 Å². The van der Waals surface area contributed by atoms with Crippen LogP contribution in [0.2, 0.25) is 0 Å². The monoisotopic (exact) mass is 499 g/mol. The molecule has 2 heterocycles. The first-order valence-electron chi connectivity index (χ1n) is 10.6. The van der Waals surface area contributed by atoms with Crippen LogP contribution >= 0.6 is 0 Å². The van der Waals surface area contributed by atoms with Gasteiger partial charge in [-0.3, -0.25) is 24.5 Å². The van der Waals surface area contributed by atoms with Crippen molar-refractivity contribution < 1.29 is 37.3 Å². The zero-order valence-corrected chi connectivity index (χ0v) is 18.2. The Morgan fingerprint density at radius 1 is 0.861 bits per heavy atom. The number of nitro groups is 1. The van der Waals surface area contributed by atoms with E-state index in [4.69, 9.17) is 4.84 Å². The maximum atomic E-state index is 13.5. The normalized spacial score (nSPS) is 21.6. The molecule has 9 nitrogen and oxygen atoms in total. The Hall–Kier alpha value is -4.45. The summed E-state index contributed by atoms with van der Waals surface area (Å²) in [5, 5.41) is 12.4. The number of hydrogen-bond acceptors (Lipinski definition) is 7. The minimum absolute atomic E-state index is 0.146. The van der Waals surface area contributed by atoms with Crippen molar-refractivity contribution >= 4 is 28.9 Å². The lowest BCUT2D eigenvalue weighted by atomic mass is 9.90. The number of hydrogen-bond donors (Lipinski definition) is 0. The van der Waals surface area contributed by atoms with Gasteiger partial charge in [-0.15, -0.1) is 13.2 Å². The molecule has 184 valence electrons. The average Bonchev–Trinajstić information content (AvgIpc) is 3.35. The van der Waals surface area contributed by atoms with Crippen LogP contribution in [0.5, 0.6) is 5.75 Å². The molecule has 3 aromatic rings. The smallest absolute Gasteiger partial charge is 0.406 e. The maximum Gasteiger partial charge on any atom is 0.573 e. The highest BCUT2D eigenvalue weighted by Crippen LogP contribution is 2.47. The van der Waals surface area contributed by atoms with E-state index in [-0.39, 0.29) is 11.4 Å². The highest BCUT2D eigenvalue weighted by atomic mass is 19.4. The molecule has 2 amide bonds. The molecular weight excluding hydrogens is 483 g/mol. The van der Waals surface area contributed by atoms with Crippen LogP contribution in [0.1, 0.15) is 11.6 Å². The van der Waals surface area contributed by atoms with Crippen LogP contribution in [-0.2, 0) is 14.4 Å². The number of carbonyl (C=O) groups is 2. The minimum Gasteiger partial charge on any atom is -0.406 e. The molecular formula is C24H16F3N3O6. The Bertz CT molecular complexity index is 1320. The van der Waals surface area contributed by atoms with Crippen molar-refractivity contribution in [1.29, 1.82) is 0 Å². The van der Waals surface area contributed by atoms with Crippen LogP contribution in [0.15, 0.2) is 78.9 Å². The summed E-state index contributed by atoms with van der Waals surface area (Å²) in [6.07, 6.45) is -6.07. The van der Waals surface area contributed by atoms with Gasteiger partial charge in [0.1, 0.15) is 11.7 Å². The van der Waals surface area contributed by atoms with Crippen molar-refractivity contribution in [3.63, 3.8) is 0 Å². The Balaban J connectivity index is 1.51. The van der Waals surface area contributed by atoms with Crippen LogP contribution in [0.3, 0.4) is 0 Å². The number of para-hydroxylation sites is 1.